The van der Waals surface area contributed by atoms with E-state index in [1.54, 1.807) is 31.2 Å². The maximum absolute atomic E-state index is 12.6. The monoisotopic (exact) mass is 354 g/mol. The molecule has 1 aliphatic heterocycles. The van der Waals surface area contributed by atoms with Crippen LogP contribution in [-0.2, 0) is 0 Å². The summed E-state index contributed by atoms with van der Waals surface area (Å²) in [5.74, 6) is 2.32. The zero-order valence-corrected chi connectivity index (χ0v) is 14.7. The van der Waals surface area contributed by atoms with Gasteiger partial charge in [0.2, 0.25) is 0 Å². The molecule has 2 aliphatic rings. The van der Waals surface area contributed by atoms with Gasteiger partial charge < -0.3 is 20.1 Å². The van der Waals surface area contributed by atoms with Gasteiger partial charge in [0.25, 0.3) is 5.91 Å². The third kappa shape index (κ3) is 3.71. The molecule has 2 heterocycles. The first kappa shape index (κ1) is 16.6. The molecule has 4 rings (SSSR count). The van der Waals surface area contributed by atoms with E-state index in [4.69, 9.17) is 9.47 Å². The Hall–Kier alpha value is -2.83. The summed E-state index contributed by atoms with van der Waals surface area (Å²) in [7, 11) is 0. The van der Waals surface area contributed by atoms with Gasteiger partial charge in [0.15, 0.2) is 11.5 Å². The molecule has 0 atom stereocenters. The first-order chi connectivity index (χ1) is 12.7. The number of rotatable bonds is 4. The second-order valence-electron chi connectivity index (χ2n) is 6.62. The minimum Gasteiger partial charge on any atom is -0.486 e. The highest BCUT2D eigenvalue weighted by molar-refractivity contribution is 6.03. The van der Waals surface area contributed by atoms with E-state index >= 15 is 0 Å². The molecular weight excluding hydrogens is 332 g/mol. The van der Waals surface area contributed by atoms with Crippen LogP contribution in [-0.4, -0.2) is 35.1 Å². The van der Waals surface area contributed by atoms with E-state index in [1.807, 2.05) is 0 Å². The van der Waals surface area contributed by atoms with Crippen LogP contribution in [0.5, 0.6) is 11.5 Å². The van der Waals surface area contributed by atoms with Crippen molar-refractivity contribution in [3.63, 3.8) is 0 Å². The van der Waals surface area contributed by atoms with Crippen LogP contribution in [0, 0.1) is 6.92 Å². The van der Waals surface area contributed by atoms with E-state index in [-0.39, 0.29) is 5.91 Å². The van der Waals surface area contributed by atoms with Crippen molar-refractivity contribution in [2.24, 2.45) is 0 Å². The first-order valence-corrected chi connectivity index (χ1v) is 9.00. The number of carbonyl (C=O) groups is 1. The zero-order chi connectivity index (χ0) is 17.9. The third-order valence-electron chi connectivity index (χ3n) is 4.58. The van der Waals surface area contributed by atoms with E-state index in [1.165, 1.54) is 12.8 Å². The molecule has 1 aromatic heterocycles. The highest BCUT2D eigenvalue weighted by Crippen LogP contribution is 2.32. The van der Waals surface area contributed by atoms with Crippen LogP contribution in [0.1, 0.15) is 42.0 Å². The number of amides is 1. The van der Waals surface area contributed by atoms with Crippen LogP contribution in [0.4, 0.5) is 11.5 Å². The summed E-state index contributed by atoms with van der Waals surface area (Å²) in [6.07, 6.45) is 4.75. The molecule has 1 aliphatic carbocycles. The van der Waals surface area contributed by atoms with Crippen LogP contribution in [0.2, 0.25) is 0 Å². The van der Waals surface area contributed by atoms with Gasteiger partial charge >= 0.3 is 0 Å². The lowest BCUT2D eigenvalue weighted by Gasteiger charge is -2.19. The van der Waals surface area contributed by atoms with E-state index in [0.29, 0.717) is 53.8 Å². The number of nitrogens with zero attached hydrogens (tertiary/aromatic N) is 2. The fourth-order valence-electron chi connectivity index (χ4n) is 3.35. The van der Waals surface area contributed by atoms with Crippen LogP contribution in [0.25, 0.3) is 0 Å². The normalized spacial score (nSPS) is 16.3. The van der Waals surface area contributed by atoms with Crippen molar-refractivity contribution >= 4 is 17.4 Å². The van der Waals surface area contributed by atoms with Crippen LogP contribution >= 0.6 is 0 Å². The smallest absolute Gasteiger partial charge is 0.274 e. The van der Waals surface area contributed by atoms with Crippen molar-refractivity contribution < 1.29 is 14.3 Å². The SMILES string of the molecule is Cc1nc(NC2CCCC2)cc(C(=O)Nc2ccc3c(c2)OCCO3)n1. The summed E-state index contributed by atoms with van der Waals surface area (Å²) in [6.45, 7) is 2.84. The van der Waals surface area contributed by atoms with Gasteiger partial charge in [0.1, 0.15) is 30.5 Å². The van der Waals surface area contributed by atoms with Gasteiger partial charge in [0.05, 0.1) is 0 Å². The van der Waals surface area contributed by atoms with Gasteiger partial charge in [-0.2, -0.15) is 0 Å². The van der Waals surface area contributed by atoms with E-state index in [2.05, 4.69) is 20.6 Å². The number of fused-ring (bicyclic) bond motifs is 1. The molecule has 2 aromatic rings. The Kier molecular flexibility index (Phi) is 4.60. The predicted molar refractivity (Wildman–Crippen MR) is 98.0 cm³/mol. The molecule has 0 spiro atoms. The van der Waals surface area contributed by atoms with E-state index in [9.17, 15) is 4.79 Å². The largest absolute Gasteiger partial charge is 0.486 e. The standard InChI is InChI=1S/C19H22N4O3/c1-12-20-15(11-18(21-12)22-13-4-2-3-5-13)19(24)23-14-6-7-16-17(10-14)26-9-8-25-16/h6-7,10-11,13H,2-5,8-9H2,1H3,(H,23,24)(H,20,21,22). The number of aromatic nitrogens is 2. The number of benzene rings is 1. The lowest BCUT2D eigenvalue weighted by molar-refractivity contribution is 0.102. The van der Waals surface area contributed by atoms with Gasteiger partial charge in [-0.15, -0.1) is 0 Å². The first-order valence-electron chi connectivity index (χ1n) is 9.00. The zero-order valence-electron chi connectivity index (χ0n) is 14.7. The summed E-state index contributed by atoms with van der Waals surface area (Å²) in [4.78, 5) is 21.3. The molecule has 2 N–H and O–H groups in total. The molecule has 7 heteroatoms. The van der Waals surface area contributed by atoms with Gasteiger partial charge in [-0.3, -0.25) is 4.79 Å². The Labute approximate surface area is 152 Å². The Balaban J connectivity index is 1.49. The summed E-state index contributed by atoms with van der Waals surface area (Å²) < 4.78 is 11.0. The molecule has 26 heavy (non-hydrogen) atoms. The highest BCUT2D eigenvalue weighted by Gasteiger charge is 2.18. The maximum Gasteiger partial charge on any atom is 0.274 e. The number of anilines is 2. The summed E-state index contributed by atoms with van der Waals surface area (Å²) >= 11 is 0. The number of hydrogen-bond acceptors (Lipinski definition) is 6. The van der Waals surface area contributed by atoms with Gasteiger partial charge in [-0.25, -0.2) is 9.97 Å². The number of ether oxygens (including phenoxy) is 2. The Morgan fingerprint density at radius 2 is 1.85 bits per heavy atom. The van der Waals surface area contributed by atoms with Crippen molar-refractivity contribution in [3.8, 4) is 11.5 Å². The minimum absolute atomic E-state index is 0.276. The highest BCUT2D eigenvalue weighted by atomic mass is 16.6. The van der Waals surface area contributed by atoms with Gasteiger partial charge in [-0.1, -0.05) is 12.8 Å². The second-order valence-corrected chi connectivity index (χ2v) is 6.62. The topological polar surface area (TPSA) is 85.4 Å². The Morgan fingerprint density at radius 3 is 2.65 bits per heavy atom. The number of hydrogen-bond donors (Lipinski definition) is 2. The Bertz CT molecular complexity index is 818. The average molecular weight is 354 g/mol. The molecule has 7 nitrogen and oxygen atoms in total. The molecule has 0 saturated heterocycles. The molecule has 1 fully saturated rings. The van der Waals surface area contributed by atoms with E-state index < -0.39 is 0 Å². The fraction of sp³-hybridized carbons (Fsp3) is 0.421. The number of aryl methyl sites for hydroxylation is 1. The molecule has 1 saturated carbocycles. The lowest BCUT2D eigenvalue weighted by Crippen LogP contribution is -2.19. The molecular formula is C19H22N4O3. The minimum atomic E-state index is -0.276. The van der Waals surface area contributed by atoms with Crippen molar-refractivity contribution in [3.05, 3.63) is 35.8 Å². The van der Waals surface area contributed by atoms with Crippen LogP contribution in [0.3, 0.4) is 0 Å². The van der Waals surface area contributed by atoms with Crippen LogP contribution < -0.4 is 20.1 Å². The number of nitrogens with one attached hydrogen (secondary N) is 2. The van der Waals surface area contributed by atoms with Crippen molar-refractivity contribution in [2.45, 2.75) is 38.6 Å². The van der Waals surface area contributed by atoms with Crippen molar-refractivity contribution in [1.82, 2.24) is 9.97 Å². The van der Waals surface area contributed by atoms with Crippen LogP contribution in [0.15, 0.2) is 24.3 Å². The molecule has 1 aromatic carbocycles. The number of carbonyl (C=O) groups excluding carboxylic acids is 1. The molecule has 136 valence electrons. The predicted octanol–water partition coefficient (Wildman–Crippen LogP) is 3.16. The quantitative estimate of drug-likeness (QED) is 0.877. The second kappa shape index (κ2) is 7.19. The molecule has 0 radical (unpaired) electrons. The van der Waals surface area contributed by atoms with Gasteiger partial charge in [0, 0.05) is 23.9 Å². The average Bonchev–Trinajstić information content (AvgIpc) is 3.14. The molecule has 0 bridgehead atoms. The van der Waals surface area contributed by atoms with Crippen molar-refractivity contribution in [2.75, 3.05) is 23.8 Å². The summed E-state index contributed by atoms with van der Waals surface area (Å²) in [5.41, 5.74) is 0.980. The summed E-state index contributed by atoms with van der Waals surface area (Å²) in [5, 5.41) is 6.28. The van der Waals surface area contributed by atoms with Crippen molar-refractivity contribution in [1.29, 1.82) is 0 Å². The molecule has 0 unspecified atom stereocenters. The fourth-order valence-corrected chi connectivity index (χ4v) is 3.35. The maximum atomic E-state index is 12.6. The lowest BCUT2D eigenvalue weighted by atomic mass is 10.2. The molecule has 1 amide bonds. The van der Waals surface area contributed by atoms with Gasteiger partial charge in [-0.05, 0) is 31.9 Å². The third-order valence-corrected chi connectivity index (χ3v) is 4.58. The van der Waals surface area contributed by atoms with E-state index in [0.717, 1.165) is 12.8 Å². The Morgan fingerprint density at radius 1 is 1.08 bits per heavy atom. The summed E-state index contributed by atoms with van der Waals surface area (Å²) in [6, 6.07) is 7.48.